The largest absolute Gasteiger partial charge is 0.350 e. The maximum absolute atomic E-state index is 13.9. The molecule has 0 bridgehead atoms. The van der Waals surface area contributed by atoms with Gasteiger partial charge in [0.05, 0.1) is 16.1 Å². The first-order valence-electron chi connectivity index (χ1n) is 12.9. The number of nitrogens with zero attached hydrogens (tertiary/aromatic N) is 3. The summed E-state index contributed by atoms with van der Waals surface area (Å²) in [7, 11) is 0. The van der Waals surface area contributed by atoms with Crippen molar-refractivity contribution in [3.8, 4) is 10.4 Å². The highest BCUT2D eigenvalue weighted by Gasteiger charge is 2.45. The van der Waals surface area contributed by atoms with Crippen molar-refractivity contribution in [1.29, 1.82) is 0 Å². The zero-order valence-electron chi connectivity index (χ0n) is 21.8. The second kappa shape index (κ2) is 10.9. The number of aryl methyl sites for hydroxylation is 1. The molecule has 2 aromatic carbocycles. The fraction of sp³-hybridized carbons (Fsp3) is 0.379. The molecule has 0 spiro atoms. The molecule has 5 rings (SSSR count). The number of carbonyl (C=O) groups is 3. The highest BCUT2D eigenvalue weighted by Crippen LogP contribution is 2.31. The van der Waals surface area contributed by atoms with Gasteiger partial charge in [-0.2, -0.15) is 12.6 Å². The molecule has 1 N–H and O–H groups in total. The summed E-state index contributed by atoms with van der Waals surface area (Å²) in [6.07, 6.45) is 0.475. The van der Waals surface area contributed by atoms with E-state index in [2.05, 4.69) is 22.9 Å². The fourth-order valence-electron chi connectivity index (χ4n) is 5.42. The van der Waals surface area contributed by atoms with Crippen LogP contribution in [0.4, 0.5) is 0 Å². The quantitative estimate of drug-likeness (QED) is 0.431. The minimum Gasteiger partial charge on any atom is -0.350 e. The highest BCUT2D eigenvalue weighted by molar-refractivity contribution is 7.81. The van der Waals surface area contributed by atoms with Crippen LogP contribution in [0.3, 0.4) is 0 Å². The molecule has 1 unspecified atom stereocenters. The number of carbonyl (C=O) groups excluding carboxylic acids is 3. The lowest BCUT2D eigenvalue weighted by molar-refractivity contribution is -0.143. The lowest BCUT2D eigenvalue weighted by Gasteiger charge is -2.35. The first-order chi connectivity index (χ1) is 18.2. The van der Waals surface area contributed by atoms with Gasteiger partial charge in [0.15, 0.2) is 0 Å². The number of rotatable bonds is 7. The molecule has 9 heteroatoms. The number of fused-ring (bicyclic) bond motifs is 1. The van der Waals surface area contributed by atoms with E-state index < -0.39 is 12.1 Å². The summed E-state index contributed by atoms with van der Waals surface area (Å²) < 4.78 is 0. The zero-order chi connectivity index (χ0) is 27.0. The van der Waals surface area contributed by atoms with Gasteiger partial charge in [-0.05, 0) is 42.0 Å². The summed E-state index contributed by atoms with van der Waals surface area (Å²) in [6, 6.07) is 14.3. The predicted octanol–water partition coefficient (Wildman–Crippen LogP) is 4.31. The molecule has 7 nitrogen and oxygen atoms in total. The van der Waals surface area contributed by atoms with Gasteiger partial charge in [-0.15, -0.1) is 11.3 Å². The van der Waals surface area contributed by atoms with Gasteiger partial charge in [0.1, 0.15) is 12.1 Å². The van der Waals surface area contributed by atoms with Crippen LogP contribution in [0.5, 0.6) is 0 Å². The van der Waals surface area contributed by atoms with Gasteiger partial charge in [-0.25, -0.2) is 4.98 Å². The summed E-state index contributed by atoms with van der Waals surface area (Å²) in [5.74, 6) is -0.630. The summed E-state index contributed by atoms with van der Waals surface area (Å²) in [5, 5.41) is 2.91. The van der Waals surface area contributed by atoms with Crippen LogP contribution < -0.4 is 5.32 Å². The fourth-order valence-corrected chi connectivity index (χ4v) is 6.60. The SMILES string of the molecule is Cc1ncsc1-c1ccc(CNC(=O)C2C[C@@H](S)CN2C(=O)[C@H](C(C)C)N2Cc3ccccc3C2=O)cc1. The topological polar surface area (TPSA) is 82.6 Å². The molecule has 0 radical (unpaired) electrons. The smallest absolute Gasteiger partial charge is 0.255 e. The van der Waals surface area contributed by atoms with Gasteiger partial charge in [0.2, 0.25) is 11.8 Å². The molecule has 3 amide bonds. The Hall–Kier alpha value is -3.17. The van der Waals surface area contributed by atoms with E-state index in [0.717, 1.165) is 27.3 Å². The van der Waals surface area contributed by atoms with Crippen LogP contribution in [0.2, 0.25) is 0 Å². The normalized spacial score (nSPS) is 19.7. The van der Waals surface area contributed by atoms with Gasteiger partial charge in [0.25, 0.3) is 5.91 Å². The number of hydrogen-bond acceptors (Lipinski definition) is 6. The Balaban J connectivity index is 1.27. The van der Waals surface area contributed by atoms with Crippen molar-refractivity contribution < 1.29 is 14.4 Å². The van der Waals surface area contributed by atoms with Crippen molar-refractivity contribution in [2.75, 3.05) is 6.54 Å². The third-order valence-electron chi connectivity index (χ3n) is 7.36. The van der Waals surface area contributed by atoms with Gasteiger partial charge >= 0.3 is 0 Å². The van der Waals surface area contributed by atoms with Crippen molar-refractivity contribution in [3.63, 3.8) is 0 Å². The van der Waals surface area contributed by atoms with Crippen molar-refractivity contribution in [2.24, 2.45) is 5.92 Å². The molecule has 38 heavy (non-hydrogen) atoms. The second-order valence-corrected chi connectivity index (χ2v) is 11.9. The Kier molecular flexibility index (Phi) is 7.59. The van der Waals surface area contributed by atoms with Crippen molar-refractivity contribution in [3.05, 3.63) is 76.4 Å². The van der Waals surface area contributed by atoms with Crippen LogP contribution in [0.25, 0.3) is 10.4 Å². The maximum Gasteiger partial charge on any atom is 0.255 e. The number of thiol groups is 1. The molecule has 2 aliphatic heterocycles. The number of amides is 3. The summed E-state index contributed by atoms with van der Waals surface area (Å²) in [5.41, 5.74) is 6.49. The van der Waals surface area contributed by atoms with E-state index in [1.54, 1.807) is 27.2 Å². The molecule has 1 aromatic heterocycles. The number of likely N-dealkylation sites (tertiary alicyclic amines) is 1. The molecule has 2 aliphatic rings. The molecular weight excluding hydrogens is 516 g/mol. The van der Waals surface area contributed by atoms with Crippen LogP contribution in [0.1, 0.15) is 47.4 Å². The van der Waals surface area contributed by atoms with Gasteiger partial charge in [0, 0.05) is 30.4 Å². The van der Waals surface area contributed by atoms with Crippen molar-refractivity contribution in [1.82, 2.24) is 20.1 Å². The van der Waals surface area contributed by atoms with E-state index in [1.807, 2.05) is 68.7 Å². The zero-order valence-corrected chi connectivity index (χ0v) is 23.5. The minimum atomic E-state index is -0.647. The standard InChI is InChI=1S/C29H32N4O3S2/c1-17(2)25(33-14-21-6-4-5-7-23(21)28(33)35)29(36)32-15-22(37)12-24(32)27(34)30-13-19-8-10-20(11-9-19)26-18(3)31-16-38-26/h4-11,16-17,22,24-25,37H,12-15H2,1-3H3,(H,30,34)/t22-,24?,25+/m1/s1. The molecule has 1 fully saturated rings. The average molecular weight is 549 g/mol. The van der Waals surface area contributed by atoms with Crippen LogP contribution in [-0.4, -0.2) is 56.4 Å². The third-order valence-corrected chi connectivity index (χ3v) is 8.71. The van der Waals surface area contributed by atoms with E-state index in [9.17, 15) is 14.4 Å². The number of benzene rings is 2. The Bertz CT molecular complexity index is 1350. The molecule has 3 heterocycles. The van der Waals surface area contributed by atoms with Crippen LogP contribution in [0, 0.1) is 12.8 Å². The minimum absolute atomic E-state index is 0.101. The number of nitrogens with one attached hydrogen (secondary N) is 1. The Morgan fingerprint density at radius 2 is 1.89 bits per heavy atom. The molecule has 198 valence electrons. The van der Waals surface area contributed by atoms with E-state index in [4.69, 9.17) is 0 Å². The van der Waals surface area contributed by atoms with Crippen molar-refractivity contribution >= 4 is 41.7 Å². The van der Waals surface area contributed by atoms with E-state index >= 15 is 0 Å². The van der Waals surface area contributed by atoms with E-state index in [-0.39, 0.29) is 28.9 Å². The second-order valence-electron chi connectivity index (χ2n) is 10.4. The average Bonchev–Trinajstić information content (AvgIpc) is 3.60. The first-order valence-corrected chi connectivity index (χ1v) is 14.3. The summed E-state index contributed by atoms with van der Waals surface area (Å²) in [6.45, 7) is 7.02. The molecule has 3 atom stereocenters. The van der Waals surface area contributed by atoms with Gasteiger partial charge in [-0.3, -0.25) is 14.4 Å². The van der Waals surface area contributed by atoms with E-state index in [1.165, 1.54) is 0 Å². The van der Waals surface area contributed by atoms with Gasteiger partial charge < -0.3 is 15.1 Å². The van der Waals surface area contributed by atoms with Crippen LogP contribution >= 0.6 is 24.0 Å². The Labute approximate surface area is 232 Å². The molecular formula is C29H32N4O3S2. The number of hydrogen-bond donors (Lipinski definition) is 2. The third kappa shape index (κ3) is 5.09. The van der Waals surface area contributed by atoms with E-state index in [0.29, 0.717) is 31.6 Å². The van der Waals surface area contributed by atoms with Crippen LogP contribution in [0.15, 0.2) is 54.0 Å². The first kappa shape index (κ1) is 26.4. The van der Waals surface area contributed by atoms with Gasteiger partial charge in [-0.1, -0.05) is 56.3 Å². The van der Waals surface area contributed by atoms with Crippen molar-refractivity contribution in [2.45, 2.75) is 57.6 Å². The Morgan fingerprint density at radius 3 is 2.55 bits per heavy atom. The number of aromatic nitrogens is 1. The molecule has 3 aromatic rings. The predicted molar refractivity (Wildman–Crippen MR) is 152 cm³/mol. The lowest BCUT2D eigenvalue weighted by atomic mass is 10.0. The lowest BCUT2D eigenvalue weighted by Crippen LogP contribution is -2.55. The number of thiazole rings is 1. The van der Waals surface area contributed by atoms with Crippen LogP contribution in [-0.2, 0) is 22.7 Å². The Morgan fingerprint density at radius 1 is 1.16 bits per heavy atom. The highest BCUT2D eigenvalue weighted by atomic mass is 32.1. The summed E-state index contributed by atoms with van der Waals surface area (Å²) in [4.78, 5) is 49.1. The maximum atomic E-state index is 13.9. The molecule has 0 saturated carbocycles. The summed E-state index contributed by atoms with van der Waals surface area (Å²) >= 11 is 6.22. The molecule has 1 saturated heterocycles. The monoisotopic (exact) mass is 548 g/mol. The molecule has 0 aliphatic carbocycles.